The van der Waals surface area contributed by atoms with E-state index in [-0.39, 0.29) is 11.4 Å². The van der Waals surface area contributed by atoms with Crippen LogP contribution in [0.5, 0.6) is 0 Å². The number of nitrogens with one attached hydrogen (secondary N) is 1. The fourth-order valence-electron chi connectivity index (χ4n) is 3.35. The second-order valence-corrected chi connectivity index (χ2v) is 8.62. The summed E-state index contributed by atoms with van der Waals surface area (Å²) in [6, 6.07) is 18.1. The maximum Gasteiger partial charge on any atom is 0.283 e. The quantitative estimate of drug-likeness (QED) is 0.494. The molecule has 2 aromatic rings. The predicted octanol–water partition coefficient (Wildman–Crippen LogP) is 5.04. The number of carbonyl (C=O) groups is 1. The summed E-state index contributed by atoms with van der Waals surface area (Å²) < 4.78 is 4.44. The molecule has 2 aliphatic heterocycles. The maximum atomic E-state index is 12.6. The van der Waals surface area contributed by atoms with Gasteiger partial charge in [-0.1, -0.05) is 54.2 Å². The van der Waals surface area contributed by atoms with Gasteiger partial charge in [0.25, 0.3) is 5.91 Å². The minimum Gasteiger partial charge on any atom is -0.372 e. The molecule has 6 nitrogen and oxygen atoms in total. The van der Waals surface area contributed by atoms with E-state index in [2.05, 4.69) is 40.3 Å². The van der Waals surface area contributed by atoms with Gasteiger partial charge < -0.3 is 4.90 Å². The number of amidine groups is 3. The number of nitrogens with zero attached hydrogens (tertiary/aromatic N) is 4. The number of aliphatic imine (C=N–C) groups is 1. The van der Waals surface area contributed by atoms with Crippen molar-refractivity contribution in [2.75, 3.05) is 18.0 Å². The minimum atomic E-state index is -0.402. The third kappa shape index (κ3) is 4.60. The van der Waals surface area contributed by atoms with E-state index in [4.69, 9.17) is 5.41 Å². The van der Waals surface area contributed by atoms with Gasteiger partial charge in [-0.05, 0) is 43.2 Å². The summed E-state index contributed by atoms with van der Waals surface area (Å²) in [5.74, 6) is 0.449. The molecule has 0 bridgehead atoms. The highest BCUT2D eigenvalue weighted by molar-refractivity contribution is 8.18. The molecule has 2 aliphatic rings. The third-order valence-electron chi connectivity index (χ3n) is 5.04. The van der Waals surface area contributed by atoms with Crippen molar-refractivity contribution in [2.24, 2.45) is 9.39 Å². The Labute approximate surface area is 190 Å². The highest BCUT2D eigenvalue weighted by Crippen LogP contribution is 2.33. The van der Waals surface area contributed by atoms with E-state index >= 15 is 0 Å². The van der Waals surface area contributed by atoms with Crippen LogP contribution in [0, 0.1) is 5.41 Å². The van der Waals surface area contributed by atoms with Gasteiger partial charge in [-0.2, -0.15) is 9.39 Å². The summed E-state index contributed by atoms with van der Waals surface area (Å²) in [5, 5.41) is 9.80. The molecule has 0 saturated carbocycles. The van der Waals surface area contributed by atoms with Crippen LogP contribution >= 0.6 is 23.7 Å². The molecular formula is C23H23N5OS2. The molecule has 0 spiro atoms. The van der Waals surface area contributed by atoms with Gasteiger partial charge in [0, 0.05) is 24.5 Å². The first-order valence-electron chi connectivity index (χ1n) is 10.1. The molecule has 31 heavy (non-hydrogen) atoms. The number of rotatable bonds is 6. The third-order valence-corrected chi connectivity index (χ3v) is 6.86. The lowest BCUT2D eigenvalue weighted by atomic mass is 10.1. The summed E-state index contributed by atoms with van der Waals surface area (Å²) in [6.45, 7) is 6.12. The number of thioether (sulfide) groups is 1. The lowest BCUT2D eigenvalue weighted by Gasteiger charge is -2.24. The summed E-state index contributed by atoms with van der Waals surface area (Å²) in [6.07, 6.45) is 1.74. The zero-order chi connectivity index (χ0) is 21.8. The standard InChI is InChI=1S/C23H23N5OS2/c1-3-27(4-2)18-12-10-16(11-13-18)14-19-20(24)28-22(25-21(19)29)31-26-23(28)30-15-17-8-6-5-7-9-17/h5-14,24H,3-4,15H2,1-2H3/b19-14-,24-20?. The average Bonchev–Trinajstić information content (AvgIpc) is 3.20. The minimum absolute atomic E-state index is 0.118. The van der Waals surface area contributed by atoms with Crippen LogP contribution in [0.15, 0.2) is 69.6 Å². The SMILES string of the molecule is CCN(CC)c1ccc(/C=C2/C(=N)N3C(SCc4ccccc4)=NSC3=NC2=O)cc1. The van der Waals surface area contributed by atoms with Crippen LogP contribution in [0.4, 0.5) is 5.69 Å². The molecule has 0 fully saturated rings. The lowest BCUT2D eigenvalue weighted by Crippen LogP contribution is -2.41. The monoisotopic (exact) mass is 449 g/mol. The first-order chi connectivity index (χ1) is 15.1. The average molecular weight is 450 g/mol. The molecule has 1 amide bonds. The maximum absolute atomic E-state index is 12.6. The smallest absolute Gasteiger partial charge is 0.283 e. The Morgan fingerprint density at radius 2 is 1.81 bits per heavy atom. The summed E-state index contributed by atoms with van der Waals surface area (Å²) in [4.78, 5) is 20.7. The topological polar surface area (TPSA) is 72.1 Å². The molecule has 0 aromatic heterocycles. The first-order valence-corrected chi connectivity index (χ1v) is 11.9. The Morgan fingerprint density at radius 3 is 2.48 bits per heavy atom. The van der Waals surface area contributed by atoms with Crippen LogP contribution in [0.2, 0.25) is 0 Å². The second-order valence-electron chi connectivity index (χ2n) is 6.94. The van der Waals surface area contributed by atoms with Crippen molar-refractivity contribution in [3.63, 3.8) is 0 Å². The molecule has 8 heteroatoms. The van der Waals surface area contributed by atoms with Gasteiger partial charge >= 0.3 is 0 Å². The zero-order valence-corrected chi connectivity index (χ0v) is 19.0. The number of hydrogen-bond donors (Lipinski definition) is 1. The molecule has 2 aromatic carbocycles. The number of fused-ring (bicyclic) bond motifs is 1. The molecule has 0 radical (unpaired) electrons. The van der Waals surface area contributed by atoms with Gasteiger partial charge in [0.1, 0.15) is 5.84 Å². The van der Waals surface area contributed by atoms with E-state index < -0.39 is 5.91 Å². The van der Waals surface area contributed by atoms with Crippen molar-refractivity contribution in [1.29, 1.82) is 5.41 Å². The van der Waals surface area contributed by atoms with Gasteiger partial charge in [-0.3, -0.25) is 10.2 Å². The molecule has 1 N–H and O–H groups in total. The van der Waals surface area contributed by atoms with E-state index in [0.29, 0.717) is 10.3 Å². The van der Waals surface area contributed by atoms with E-state index in [1.807, 2.05) is 42.5 Å². The van der Waals surface area contributed by atoms with Gasteiger partial charge in [0.05, 0.1) is 17.5 Å². The zero-order valence-electron chi connectivity index (χ0n) is 17.4. The van der Waals surface area contributed by atoms with Gasteiger partial charge in [-0.15, -0.1) is 0 Å². The second kappa shape index (κ2) is 9.53. The highest BCUT2D eigenvalue weighted by Gasteiger charge is 2.37. The summed E-state index contributed by atoms with van der Waals surface area (Å²) in [5.41, 5.74) is 3.45. The Kier molecular flexibility index (Phi) is 6.58. The van der Waals surface area contributed by atoms with E-state index in [1.165, 1.54) is 17.3 Å². The van der Waals surface area contributed by atoms with E-state index in [0.717, 1.165) is 42.0 Å². The van der Waals surface area contributed by atoms with Crippen molar-refractivity contribution in [3.8, 4) is 0 Å². The van der Waals surface area contributed by atoms with Crippen molar-refractivity contribution in [1.82, 2.24) is 4.90 Å². The number of anilines is 1. The first kappa shape index (κ1) is 21.4. The van der Waals surface area contributed by atoms with Crippen molar-refractivity contribution in [3.05, 3.63) is 71.3 Å². The fourth-order valence-corrected chi connectivity index (χ4v) is 5.15. The fraction of sp³-hybridized carbons (Fsp3) is 0.217. The molecule has 158 valence electrons. The number of hydrogen-bond acceptors (Lipinski definition) is 6. The predicted molar refractivity (Wildman–Crippen MR) is 133 cm³/mol. The largest absolute Gasteiger partial charge is 0.372 e. The van der Waals surface area contributed by atoms with Gasteiger partial charge in [0.2, 0.25) is 5.17 Å². The van der Waals surface area contributed by atoms with Crippen LogP contribution in [0.25, 0.3) is 6.08 Å². The summed E-state index contributed by atoms with van der Waals surface area (Å²) >= 11 is 2.68. The molecule has 0 saturated heterocycles. The molecule has 0 unspecified atom stereocenters. The molecule has 4 rings (SSSR count). The Balaban J connectivity index is 1.53. The number of carbonyl (C=O) groups excluding carboxylic acids is 1. The Hall–Kier alpha value is -2.84. The van der Waals surface area contributed by atoms with Crippen LogP contribution in [-0.2, 0) is 10.5 Å². The number of benzene rings is 2. The van der Waals surface area contributed by atoms with Gasteiger partial charge in [-0.25, -0.2) is 4.90 Å². The Morgan fingerprint density at radius 1 is 1.10 bits per heavy atom. The normalized spacial score (nSPS) is 17.0. The van der Waals surface area contributed by atoms with Crippen molar-refractivity contribution in [2.45, 2.75) is 19.6 Å². The highest BCUT2D eigenvalue weighted by atomic mass is 32.2. The van der Waals surface area contributed by atoms with Crippen molar-refractivity contribution >= 4 is 57.6 Å². The molecule has 0 atom stereocenters. The number of amides is 1. The van der Waals surface area contributed by atoms with Gasteiger partial charge in [0.15, 0.2) is 5.17 Å². The van der Waals surface area contributed by atoms with Crippen LogP contribution in [0.3, 0.4) is 0 Å². The van der Waals surface area contributed by atoms with Crippen LogP contribution < -0.4 is 4.90 Å². The van der Waals surface area contributed by atoms with Crippen LogP contribution in [-0.4, -0.2) is 40.1 Å². The Bertz CT molecular complexity index is 1070. The summed E-state index contributed by atoms with van der Waals surface area (Å²) in [7, 11) is 0. The van der Waals surface area contributed by atoms with E-state index in [1.54, 1.807) is 11.0 Å². The molecular weight excluding hydrogens is 426 g/mol. The molecule has 0 aliphatic carbocycles. The van der Waals surface area contributed by atoms with Crippen LogP contribution in [0.1, 0.15) is 25.0 Å². The van der Waals surface area contributed by atoms with Crippen molar-refractivity contribution < 1.29 is 4.79 Å². The lowest BCUT2D eigenvalue weighted by molar-refractivity contribution is -0.114. The molecule has 2 heterocycles. The van der Waals surface area contributed by atoms with E-state index in [9.17, 15) is 4.79 Å².